The van der Waals surface area contributed by atoms with Crippen LogP contribution in [0.15, 0.2) is 109 Å². The van der Waals surface area contributed by atoms with E-state index < -0.39 is 48.5 Å². The maximum Gasteiger partial charge on any atom is 0.532 e. The van der Waals surface area contributed by atoms with Gasteiger partial charge in [-0.15, -0.1) is 0 Å². The van der Waals surface area contributed by atoms with Gasteiger partial charge in [-0.1, -0.05) is 124 Å². The number of nitrogens with zero attached hydrogens (tertiary/aromatic N) is 1. The molecule has 5 rings (SSSR count). The van der Waals surface area contributed by atoms with Crippen molar-refractivity contribution in [2.24, 2.45) is 0 Å². The van der Waals surface area contributed by atoms with Crippen molar-refractivity contribution in [3.05, 3.63) is 126 Å². The van der Waals surface area contributed by atoms with E-state index in [1.807, 2.05) is 60.7 Å². The van der Waals surface area contributed by atoms with Crippen molar-refractivity contribution in [1.29, 1.82) is 0 Å². The molecule has 0 aromatic heterocycles. The zero-order chi connectivity index (χ0) is 36.3. The zero-order valence-electron chi connectivity index (χ0n) is 30.1. The third-order valence-corrected chi connectivity index (χ3v) is 17.1. The molecular formula is C40H49N2O7Si+. The van der Waals surface area contributed by atoms with Crippen LogP contribution in [0, 0.1) is 0 Å². The number of hydrogen-bond donors (Lipinski definition) is 1. The minimum absolute atomic E-state index is 0.0524. The van der Waals surface area contributed by atoms with Crippen LogP contribution in [0.3, 0.4) is 0 Å². The van der Waals surface area contributed by atoms with Crippen LogP contribution in [0.25, 0.3) is 0 Å². The Kier molecular flexibility index (Phi) is 10.7. The van der Waals surface area contributed by atoms with Crippen LogP contribution in [0.4, 0.5) is 9.59 Å². The Bertz CT molecular complexity index is 1710. The molecule has 9 nitrogen and oxygen atoms in total. The van der Waals surface area contributed by atoms with Crippen LogP contribution in [0.1, 0.15) is 50.8 Å². The molecule has 0 bridgehead atoms. The van der Waals surface area contributed by atoms with E-state index in [9.17, 15) is 14.4 Å². The molecule has 3 aromatic carbocycles. The second-order valence-electron chi connectivity index (χ2n) is 14.6. The van der Waals surface area contributed by atoms with Gasteiger partial charge in [-0.25, -0.2) is 10.1 Å². The molecule has 1 saturated heterocycles. The van der Waals surface area contributed by atoms with Gasteiger partial charge in [-0.05, 0) is 46.3 Å². The van der Waals surface area contributed by atoms with Gasteiger partial charge in [0.05, 0.1) is 33.5 Å². The molecule has 1 N–H and O–H groups in total. The van der Waals surface area contributed by atoms with Gasteiger partial charge in [-0.3, -0.25) is 4.79 Å². The molecule has 0 radical (unpaired) electrons. The predicted octanol–water partition coefficient (Wildman–Crippen LogP) is 8.29. The van der Waals surface area contributed by atoms with E-state index in [-0.39, 0.29) is 29.4 Å². The third-order valence-electron chi connectivity index (χ3n) is 10.8. The fourth-order valence-electron chi connectivity index (χ4n) is 7.01. The van der Waals surface area contributed by atoms with Gasteiger partial charge >= 0.3 is 12.1 Å². The summed E-state index contributed by atoms with van der Waals surface area (Å²) in [5.41, 5.74) is 1.80. The summed E-state index contributed by atoms with van der Waals surface area (Å²) in [6, 6.07) is 27.2. The maximum absolute atomic E-state index is 13.9. The summed E-state index contributed by atoms with van der Waals surface area (Å²) in [5, 5.41) is 2.30. The molecule has 0 aliphatic carbocycles. The summed E-state index contributed by atoms with van der Waals surface area (Å²) in [6.45, 7) is 16.6. The van der Waals surface area contributed by atoms with Gasteiger partial charge < -0.3 is 18.9 Å². The number of rotatable bonds is 11. The molecule has 2 aliphatic rings. The van der Waals surface area contributed by atoms with Gasteiger partial charge in [0, 0.05) is 6.42 Å². The molecule has 2 aliphatic heterocycles. The van der Waals surface area contributed by atoms with E-state index in [2.05, 4.69) is 70.0 Å². The first-order valence-corrected chi connectivity index (χ1v) is 20.1. The van der Waals surface area contributed by atoms with Crippen molar-refractivity contribution in [1.82, 2.24) is 5.32 Å². The van der Waals surface area contributed by atoms with Crippen LogP contribution >= 0.6 is 0 Å². The highest BCUT2D eigenvalue weighted by molar-refractivity contribution is 6.81. The van der Waals surface area contributed by atoms with Crippen molar-refractivity contribution in [2.45, 2.75) is 75.7 Å². The summed E-state index contributed by atoms with van der Waals surface area (Å²) in [5.74, 6) is 0.129. The van der Waals surface area contributed by atoms with Crippen LogP contribution in [0.5, 0.6) is 5.75 Å². The second kappa shape index (κ2) is 14.5. The fourth-order valence-corrected chi connectivity index (χ4v) is 10.0. The summed E-state index contributed by atoms with van der Waals surface area (Å²) in [4.78, 5) is 40.3. The first-order valence-electron chi connectivity index (χ1n) is 17.0. The summed E-state index contributed by atoms with van der Waals surface area (Å²) in [6.07, 6.45) is 0.865. The minimum Gasteiger partial charge on any atom is -0.497 e. The lowest BCUT2D eigenvalue weighted by molar-refractivity contribution is -0.782. The smallest absolute Gasteiger partial charge is 0.497 e. The van der Waals surface area contributed by atoms with E-state index >= 15 is 0 Å². The van der Waals surface area contributed by atoms with Crippen molar-refractivity contribution in [3.8, 4) is 5.75 Å². The van der Waals surface area contributed by atoms with Gasteiger partial charge in [0.15, 0.2) is 0 Å². The minimum atomic E-state index is -2.26. The largest absolute Gasteiger partial charge is 0.532 e. The molecule has 264 valence electrons. The molecule has 2 heterocycles. The summed E-state index contributed by atoms with van der Waals surface area (Å²) >= 11 is 0. The molecule has 50 heavy (non-hydrogen) atoms. The first kappa shape index (κ1) is 36.9. The maximum atomic E-state index is 13.9. The number of imide groups is 2. The van der Waals surface area contributed by atoms with E-state index in [0.29, 0.717) is 12.2 Å². The number of nitrogens with one attached hydrogen (secondary N) is 1. The first-order chi connectivity index (χ1) is 23.7. The number of quaternary nitrogens is 1. The molecular weight excluding hydrogens is 649 g/mol. The standard InChI is InChI=1S/C40H48N2O7Si/c1-9-23-47-38(45)42(26-28(2)36(43)41-37(42)44)35-25-34(50(7,8)39(3,4)5)33(49-35)27-48-40(29-17-12-10-13-18-29,30-19-14-11-15-20-30)31-21-16-22-32(24-31)46-6/h9-22,24,26,33-35H,1,23,25,27H2,2-8H3/p+1/t33-,34+,35-,42?/m1/s1. The Morgan fingerprint density at radius 2 is 1.58 bits per heavy atom. The number of carbonyl (C=O) groups is 3. The Morgan fingerprint density at radius 1 is 0.980 bits per heavy atom. The average Bonchev–Trinajstić information content (AvgIpc) is 3.55. The monoisotopic (exact) mass is 697 g/mol. The van der Waals surface area contributed by atoms with E-state index in [0.717, 1.165) is 16.7 Å². The van der Waals surface area contributed by atoms with Gasteiger partial charge in [0.2, 0.25) is 6.23 Å². The molecule has 4 amide bonds. The highest BCUT2D eigenvalue weighted by atomic mass is 28.3. The lowest BCUT2D eigenvalue weighted by Gasteiger charge is -2.44. The van der Waals surface area contributed by atoms with Crippen LogP contribution in [-0.4, -0.2) is 63.2 Å². The number of hydrogen-bond acceptors (Lipinski definition) is 7. The van der Waals surface area contributed by atoms with E-state index in [1.54, 1.807) is 14.0 Å². The number of ether oxygens (including phenoxy) is 4. The number of benzene rings is 3. The van der Waals surface area contributed by atoms with Gasteiger partial charge in [0.25, 0.3) is 5.91 Å². The highest BCUT2D eigenvalue weighted by Gasteiger charge is 2.63. The lowest BCUT2D eigenvalue weighted by atomic mass is 9.80. The topological polar surface area (TPSA) is 100 Å². The van der Waals surface area contributed by atoms with Crippen molar-refractivity contribution < 1.29 is 37.8 Å². The zero-order valence-corrected chi connectivity index (χ0v) is 31.1. The molecule has 0 saturated carbocycles. The van der Waals surface area contributed by atoms with E-state index in [1.165, 1.54) is 12.3 Å². The third kappa shape index (κ3) is 6.60. The normalized spacial score (nSPS) is 22.8. The van der Waals surface area contributed by atoms with Gasteiger partial charge in [-0.2, -0.15) is 4.79 Å². The second-order valence-corrected chi connectivity index (χ2v) is 20.3. The fraction of sp³-hybridized carbons (Fsp3) is 0.375. The molecule has 3 aromatic rings. The Morgan fingerprint density at radius 3 is 2.14 bits per heavy atom. The van der Waals surface area contributed by atoms with Crippen LogP contribution in [-0.2, 0) is 24.6 Å². The molecule has 1 fully saturated rings. The predicted molar refractivity (Wildman–Crippen MR) is 195 cm³/mol. The SMILES string of the molecule is C=CCOC(=O)[N+]1([C@H]2C[C@H]([Si](C)(C)C(C)(C)C)[C@@H](COC(c3ccccc3)(c3ccccc3)c3cccc(OC)c3)O2)C=C(C)C(=O)NC1=O. The Balaban J connectivity index is 1.66. The van der Waals surface area contributed by atoms with Crippen LogP contribution in [0.2, 0.25) is 23.7 Å². The molecule has 4 atom stereocenters. The van der Waals surface area contributed by atoms with Crippen molar-refractivity contribution in [3.63, 3.8) is 0 Å². The van der Waals surface area contributed by atoms with E-state index in [4.69, 9.17) is 18.9 Å². The highest BCUT2D eigenvalue weighted by Crippen LogP contribution is 2.53. The van der Waals surface area contributed by atoms with Crippen molar-refractivity contribution >= 4 is 26.1 Å². The van der Waals surface area contributed by atoms with Crippen molar-refractivity contribution in [2.75, 3.05) is 20.3 Å². The summed E-state index contributed by atoms with van der Waals surface area (Å²) in [7, 11) is -0.616. The Hall–Kier alpha value is -4.35. The number of methoxy groups -OCH3 is 1. The molecule has 1 unspecified atom stereocenters. The molecule has 10 heteroatoms. The Labute approximate surface area is 296 Å². The van der Waals surface area contributed by atoms with Gasteiger partial charge in [0.1, 0.15) is 24.2 Å². The number of amides is 4. The number of carbonyl (C=O) groups excluding carboxylic acids is 3. The molecule has 0 spiro atoms. The number of urea groups is 1. The average molecular weight is 698 g/mol. The quantitative estimate of drug-likeness (QED) is 0.0932. The van der Waals surface area contributed by atoms with Crippen LogP contribution < -0.4 is 10.1 Å². The summed E-state index contributed by atoms with van der Waals surface area (Å²) < 4.78 is 24.5. The lowest BCUT2D eigenvalue weighted by Crippen LogP contribution is -2.66.